The number of nitrogens with zero attached hydrogens (tertiary/aromatic N) is 4. The molecule has 1 amide bonds. The van der Waals surface area contributed by atoms with E-state index in [1.54, 1.807) is 53.2 Å². The van der Waals surface area contributed by atoms with E-state index in [1.807, 2.05) is 0 Å². The Morgan fingerprint density at radius 1 is 1.11 bits per heavy atom. The van der Waals surface area contributed by atoms with E-state index in [4.69, 9.17) is 5.73 Å². The smallest absolute Gasteiger partial charge is 0.366 e. The van der Waals surface area contributed by atoms with Crippen LogP contribution in [0, 0.1) is 0 Å². The Hall–Kier alpha value is -3.69. The summed E-state index contributed by atoms with van der Waals surface area (Å²) in [6.45, 7) is 0. The van der Waals surface area contributed by atoms with Gasteiger partial charge in [0.05, 0.1) is 5.69 Å². The van der Waals surface area contributed by atoms with E-state index in [1.165, 1.54) is 0 Å². The minimum Gasteiger partial charge on any atom is -0.366 e. The largest absolute Gasteiger partial charge is 0.471 e. The van der Waals surface area contributed by atoms with Gasteiger partial charge in [-0.25, -0.2) is 4.98 Å². The number of imidazole rings is 1. The Balaban J connectivity index is 1.66. The molecule has 4 aromatic rings. The predicted octanol–water partition coefficient (Wildman–Crippen LogP) is 3.09. The van der Waals surface area contributed by atoms with Gasteiger partial charge in [0.1, 0.15) is 5.65 Å². The van der Waals surface area contributed by atoms with Crippen molar-refractivity contribution in [2.75, 3.05) is 0 Å². The Morgan fingerprint density at radius 2 is 1.89 bits per heavy atom. The number of halogens is 3. The first-order valence-corrected chi connectivity index (χ1v) is 8.08. The second kappa shape index (κ2) is 6.48. The van der Waals surface area contributed by atoms with E-state index < -0.39 is 18.0 Å². The third-order valence-electron chi connectivity index (χ3n) is 4.08. The standard InChI is InChI=1S/C18H12F3N5O2/c19-18(20,21)17-24-16(25-28-17)11-5-6-14-23-12(9-26(14)8-11)7-10-3-1-2-4-13(10)15(22)27/h1-6,8-9H,7H2,(H2,22,27). The predicted molar refractivity (Wildman–Crippen MR) is 91.3 cm³/mol. The average Bonchev–Trinajstić information content (AvgIpc) is 3.27. The van der Waals surface area contributed by atoms with Crippen molar-refractivity contribution >= 4 is 11.6 Å². The molecule has 0 aliphatic rings. The molecule has 10 heteroatoms. The lowest BCUT2D eigenvalue weighted by Gasteiger charge is -2.03. The van der Waals surface area contributed by atoms with Gasteiger partial charge in [0, 0.05) is 29.9 Å². The van der Waals surface area contributed by atoms with E-state index in [0.717, 1.165) is 5.56 Å². The quantitative estimate of drug-likeness (QED) is 0.580. The molecule has 0 atom stereocenters. The van der Waals surface area contributed by atoms with Crippen molar-refractivity contribution in [3.63, 3.8) is 0 Å². The minimum atomic E-state index is -4.70. The summed E-state index contributed by atoms with van der Waals surface area (Å²) in [5.41, 5.74) is 8.11. The van der Waals surface area contributed by atoms with Crippen LogP contribution in [0.25, 0.3) is 17.0 Å². The molecule has 3 heterocycles. The van der Waals surface area contributed by atoms with Gasteiger partial charge in [-0.2, -0.15) is 18.2 Å². The molecule has 0 aliphatic heterocycles. The van der Waals surface area contributed by atoms with Crippen LogP contribution in [0.5, 0.6) is 0 Å². The Bertz CT molecular complexity index is 1180. The van der Waals surface area contributed by atoms with E-state index in [9.17, 15) is 18.0 Å². The molecule has 0 unspecified atom stereocenters. The van der Waals surface area contributed by atoms with Crippen molar-refractivity contribution in [3.8, 4) is 11.4 Å². The molecular formula is C18H12F3N5O2. The van der Waals surface area contributed by atoms with Crippen molar-refractivity contribution in [1.29, 1.82) is 0 Å². The van der Waals surface area contributed by atoms with Gasteiger partial charge < -0.3 is 14.7 Å². The summed E-state index contributed by atoms with van der Waals surface area (Å²) in [6, 6.07) is 10.1. The molecule has 0 aliphatic carbocycles. The number of amides is 1. The van der Waals surface area contributed by atoms with Gasteiger partial charge in [-0.1, -0.05) is 23.4 Å². The summed E-state index contributed by atoms with van der Waals surface area (Å²) in [6.07, 6.45) is -1.07. The maximum Gasteiger partial charge on any atom is 0.471 e. The normalized spacial score (nSPS) is 11.8. The van der Waals surface area contributed by atoms with Gasteiger partial charge in [0.15, 0.2) is 0 Å². The number of benzene rings is 1. The SMILES string of the molecule is NC(=O)c1ccccc1Cc1cn2cc(-c3noc(C(F)(F)F)n3)ccc2n1. The van der Waals surface area contributed by atoms with Crippen molar-refractivity contribution in [1.82, 2.24) is 19.5 Å². The average molecular weight is 387 g/mol. The molecule has 7 nitrogen and oxygen atoms in total. The van der Waals surface area contributed by atoms with Crippen LogP contribution in [0.2, 0.25) is 0 Å². The molecule has 0 bridgehead atoms. The number of rotatable bonds is 4. The van der Waals surface area contributed by atoms with Gasteiger partial charge in [-0.3, -0.25) is 4.79 Å². The molecule has 0 radical (unpaired) electrons. The summed E-state index contributed by atoms with van der Waals surface area (Å²) in [5, 5.41) is 3.37. The fourth-order valence-corrected chi connectivity index (χ4v) is 2.83. The molecule has 0 fully saturated rings. The molecule has 0 spiro atoms. The second-order valence-electron chi connectivity index (χ2n) is 6.03. The van der Waals surface area contributed by atoms with Gasteiger partial charge in [0.25, 0.3) is 0 Å². The first kappa shape index (κ1) is 17.7. The van der Waals surface area contributed by atoms with Crippen LogP contribution in [0.1, 0.15) is 27.5 Å². The van der Waals surface area contributed by atoms with Crippen LogP contribution < -0.4 is 5.73 Å². The fourth-order valence-electron chi connectivity index (χ4n) is 2.83. The maximum absolute atomic E-state index is 12.6. The monoisotopic (exact) mass is 387 g/mol. The van der Waals surface area contributed by atoms with Crippen molar-refractivity contribution in [3.05, 3.63) is 71.5 Å². The van der Waals surface area contributed by atoms with Gasteiger partial charge in [0.2, 0.25) is 11.7 Å². The number of carbonyl (C=O) groups excluding carboxylic acids is 1. The van der Waals surface area contributed by atoms with Crippen LogP contribution in [-0.2, 0) is 12.6 Å². The number of alkyl halides is 3. The fraction of sp³-hybridized carbons (Fsp3) is 0.111. The summed E-state index contributed by atoms with van der Waals surface area (Å²) in [7, 11) is 0. The number of fused-ring (bicyclic) bond motifs is 1. The van der Waals surface area contributed by atoms with Gasteiger partial charge >= 0.3 is 12.1 Å². The summed E-state index contributed by atoms with van der Waals surface area (Å²) in [5.74, 6) is -2.11. The highest BCUT2D eigenvalue weighted by atomic mass is 19.4. The highest BCUT2D eigenvalue weighted by Gasteiger charge is 2.38. The van der Waals surface area contributed by atoms with Gasteiger partial charge in [-0.05, 0) is 23.8 Å². The lowest BCUT2D eigenvalue weighted by molar-refractivity contribution is -0.159. The minimum absolute atomic E-state index is 0.177. The number of hydrogen-bond donors (Lipinski definition) is 1. The molecule has 142 valence electrons. The van der Waals surface area contributed by atoms with Crippen LogP contribution >= 0.6 is 0 Å². The van der Waals surface area contributed by atoms with Crippen molar-refractivity contribution in [2.24, 2.45) is 5.73 Å². The summed E-state index contributed by atoms with van der Waals surface area (Å²) >= 11 is 0. The number of aromatic nitrogens is 4. The molecule has 0 saturated heterocycles. The summed E-state index contributed by atoms with van der Waals surface area (Å²) < 4.78 is 43.8. The molecule has 4 rings (SSSR count). The van der Waals surface area contributed by atoms with Crippen LogP contribution in [-0.4, -0.2) is 25.4 Å². The number of hydrogen-bond acceptors (Lipinski definition) is 5. The number of carbonyl (C=O) groups is 1. The Kier molecular flexibility index (Phi) is 4.10. The third-order valence-corrected chi connectivity index (χ3v) is 4.08. The molecular weight excluding hydrogens is 375 g/mol. The molecule has 28 heavy (non-hydrogen) atoms. The first-order valence-electron chi connectivity index (χ1n) is 8.08. The van der Waals surface area contributed by atoms with Gasteiger partial charge in [-0.15, -0.1) is 0 Å². The molecule has 1 aromatic carbocycles. The maximum atomic E-state index is 12.6. The topological polar surface area (TPSA) is 99.3 Å². The van der Waals surface area contributed by atoms with Crippen LogP contribution in [0.4, 0.5) is 13.2 Å². The number of pyridine rings is 1. The first-order chi connectivity index (χ1) is 13.3. The molecule has 2 N–H and O–H groups in total. The molecule has 0 saturated carbocycles. The lowest BCUT2D eigenvalue weighted by atomic mass is 10.0. The van der Waals surface area contributed by atoms with Crippen molar-refractivity contribution in [2.45, 2.75) is 12.6 Å². The Labute approximate surface area is 155 Å². The zero-order chi connectivity index (χ0) is 19.9. The highest BCUT2D eigenvalue weighted by molar-refractivity contribution is 5.94. The second-order valence-corrected chi connectivity index (χ2v) is 6.03. The van der Waals surface area contributed by atoms with E-state index >= 15 is 0 Å². The third kappa shape index (κ3) is 3.31. The van der Waals surface area contributed by atoms with Crippen LogP contribution in [0.15, 0.2) is 53.3 Å². The zero-order valence-corrected chi connectivity index (χ0v) is 14.1. The highest BCUT2D eigenvalue weighted by Crippen LogP contribution is 2.29. The van der Waals surface area contributed by atoms with E-state index in [-0.39, 0.29) is 5.82 Å². The number of primary amides is 1. The van der Waals surface area contributed by atoms with Crippen LogP contribution in [0.3, 0.4) is 0 Å². The molecule has 3 aromatic heterocycles. The number of nitrogens with two attached hydrogens (primary N) is 1. The summed E-state index contributed by atoms with van der Waals surface area (Å²) in [4.78, 5) is 19.4. The zero-order valence-electron chi connectivity index (χ0n) is 14.1. The lowest BCUT2D eigenvalue weighted by Crippen LogP contribution is -2.13. The van der Waals surface area contributed by atoms with Crippen molar-refractivity contribution < 1.29 is 22.5 Å². The van der Waals surface area contributed by atoms with E-state index in [2.05, 4.69) is 19.6 Å². The Morgan fingerprint density at radius 3 is 2.61 bits per heavy atom. The van der Waals surface area contributed by atoms with E-state index in [0.29, 0.717) is 28.9 Å².